The summed E-state index contributed by atoms with van der Waals surface area (Å²) in [5.74, 6) is -0.540. The van der Waals surface area contributed by atoms with Crippen LogP contribution in [-0.4, -0.2) is 69.4 Å². The van der Waals surface area contributed by atoms with Gasteiger partial charge >= 0.3 is 5.97 Å². The van der Waals surface area contributed by atoms with Gasteiger partial charge in [-0.15, -0.1) is 0 Å². The van der Waals surface area contributed by atoms with E-state index in [-0.39, 0.29) is 24.9 Å². The number of nitrogens with zero attached hydrogens (tertiary/aromatic N) is 1. The highest BCUT2D eigenvalue weighted by Gasteiger charge is 2.27. The third kappa shape index (κ3) is 69.1. The number of amides is 1. The van der Waals surface area contributed by atoms with Crippen LogP contribution in [0.15, 0.2) is 97.2 Å². The lowest BCUT2D eigenvalue weighted by Crippen LogP contribution is -2.47. The average Bonchev–Trinajstić information content (AvgIpc) is 3.67. The first-order valence-electron chi connectivity index (χ1n) is 37.5. The fourth-order valence-electron chi connectivity index (χ4n) is 10.8. The molecule has 0 saturated carbocycles. The summed E-state index contributed by atoms with van der Waals surface area (Å²) in [5, 5.41) is 3.05. The number of rotatable bonds is 68. The molecule has 0 heterocycles. The molecule has 0 aromatic carbocycles. The van der Waals surface area contributed by atoms with Crippen LogP contribution in [0.5, 0.6) is 0 Å². The minimum absolute atomic E-state index is 0.0262. The maximum absolute atomic E-state index is 13.6. The second-order valence-corrected chi connectivity index (χ2v) is 27.8. The zero-order chi connectivity index (χ0) is 64.9. The summed E-state index contributed by atoms with van der Waals surface area (Å²) in [6.45, 7) is 6.74. The van der Waals surface area contributed by atoms with Crippen LogP contribution in [0, 0.1) is 0 Å². The molecular weight excluding hydrogens is 1120 g/mol. The second-order valence-electron chi connectivity index (χ2n) is 26.4. The van der Waals surface area contributed by atoms with Crippen molar-refractivity contribution in [3.05, 3.63) is 97.2 Å². The number of nitrogens with one attached hydrogen (secondary N) is 1. The molecule has 0 saturated heterocycles. The molecule has 10 heteroatoms. The molecule has 1 amide bonds. The molecule has 0 aliphatic heterocycles. The number of ether oxygens (including phenoxy) is 1. The summed E-state index contributed by atoms with van der Waals surface area (Å²) in [4.78, 5) is 40.3. The van der Waals surface area contributed by atoms with E-state index in [1.54, 1.807) is 0 Å². The molecule has 1 N–H and O–H groups in total. The number of esters is 1. The van der Waals surface area contributed by atoms with Gasteiger partial charge in [0.1, 0.15) is 19.3 Å². The molecule has 3 atom stereocenters. The molecule has 0 rings (SSSR count). The Bertz CT molecular complexity index is 1840. The molecule has 0 aliphatic rings. The number of hydrogen-bond donors (Lipinski definition) is 1. The SMILES string of the molecule is CC/C=C\C/C=C\C/C=C\C/C=C\C/C=C\CCCCCCCCCCCC(=O)NC(COP(=O)([O-])OCC[N+](C)(C)C)C(/C=C/CCCCCCCCCCCCC)OC(=O)CCCCCCCCCCCCCCCCC/C=C\C/C=C\CCCCC. The molecule has 3 unspecified atom stereocenters. The summed E-state index contributed by atoms with van der Waals surface area (Å²) in [7, 11) is 1.18. The van der Waals surface area contributed by atoms with E-state index in [4.69, 9.17) is 13.8 Å². The van der Waals surface area contributed by atoms with Crippen LogP contribution < -0.4 is 10.2 Å². The highest BCUT2D eigenvalue weighted by atomic mass is 31.2. The Labute approximate surface area is 551 Å². The number of allylic oxidation sites excluding steroid dienone is 15. The van der Waals surface area contributed by atoms with Gasteiger partial charge < -0.3 is 28.5 Å². The molecule has 0 aromatic rings. The lowest BCUT2D eigenvalue weighted by molar-refractivity contribution is -0.870. The van der Waals surface area contributed by atoms with Crippen LogP contribution in [0.4, 0.5) is 0 Å². The Hall–Kier alpha value is -3.07. The Balaban J connectivity index is 5.05. The molecule has 0 bridgehead atoms. The van der Waals surface area contributed by atoms with Gasteiger partial charge in [-0.2, -0.15) is 0 Å². The predicted octanol–water partition coefficient (Wildman–Crippen LogP) is 23.6. The first-order valence-corrected chi connectivity index (χ1v) is 39.0. The van der Waals surface area contributed by atoms with Gasteiger partial charge in [0, 0.05) is 12.8 Å². The maximum atomic E-state index is 13.6. The molecule has 0 radical (unpaired) electrons. The van der Waals surface area contributed by atoms with E-state index < -0.39 is 26.6 Å². The molecular formula is C79H143N2O7P. The van der Waals surface area contributed by atoms with Crippen molar-refractivity contribution in [2.45, 2.75) is 354 Å². The maximum Gasteiger partial charge on any atom is 0.306 e. The van der Waals surface area contributed by atoms with Gasteiger partial charge in [-0.3, -0.25) is 14.2 Å². The quantitative estimate of drug-likeness (QED) is 0.0212. The second kappa shape index (κ2) is 67.8. The Morgan fingerprint density at radius 1 is 0.404 bits per heavy atom. The van der Waals surface area contributed by atoms with Crippen LogP contribution in [0.2, 0.25) is 0 Å². The average molecular weight is 1260 g/mol. The summed E-state index contributed by atoms with van der Waals surface area (Å²) in [6.07, 6.45) is 92.5. The molecule has 0 spiro atoms. The van der Waals surface area contributed by atoms with Crippen molar-refractivity contribution >= 4 is 19.7 Å². The number of likely N-dealkylation sites (N-methyl/N-ethyl adjacent to an activating group) is 1. The van der Waals surface area contributed by atoms with Crippen molar-refractivity contribution < 1.29 is 37.3 Å². The molecule has 516 valence electrons. The predicted molar refractivity (Wildman–Crippen MR) is 385 cm³/mol. The van der Waals surface area contributed by atoms with Gasteiger partial charge in [0.15, 0.2) is 0 Å². The van der Waals surface area contributed by atoms with E-state index in [1.165, 1.54) is 199 Å². The Morgan fingerprint density at radius 3 is 1.10 bits per heavy atom. The molecule has 0 aliphatic carbocycles. The lowest BCUT2D eigenvalue weighted by Gasteiger charge is -2.30. The Kier molecular flexibility index (Phi) is 65.5. The van der Waals surface area contributed by atoms with Crippen molar-refractivity contribution in [2.75, 3.05) is 40.9 Å². The smallest absolute Gasteiger partial charge is 0.306 e. The number of hydrogen-bond acceptors (Lipinski definition) is 7. The standard InChI is InChI=1S/C79H143N2O7P/c1-7-10-13-16-19-22-25-28-30-32-34-36-38-40-42-44-46-48-50-53-56-59-62-65-68-71-78(82)80-76(75-87-89(84,85)86-74-73-81(4,5)6)77(70-67-64-61-58-55-52-27-24-21-18-15-12-9-3)88-79(83)72-69-66-63-60-57-54-51-49-47-45-43-41-39-37-35-33-31-29-26-23-20-17-14-11-8-2/h10,13,19-20,22-23,28-31,34,36,40,42,67,70,76-77H,7-9,11-12,14-18,21,24-27,32-33,35,37-39,41,43-66,68-69,71-75H2,1-6H3,(H-,80,82,84,85)/b13-10-,22-19-,23-20-,30-28-,31-29-,36-34-,42-40-,70-67+. The largest absolute Gasteiger partial charge is 0.756 e. The first-order chi connectivity index (χ1) is 43.4. The number of carbonyl (C=O) groups is 2. The van der Waals surface area contributed by atoms with Gasteiger partial charge in [-0.1, -0.05) is 317 Å². The van der Waals surface area contributed by atoms with Crippen LogP contribution in [0.1, 0.15) is 342 Å². The summed E-state index contributed by atoms with van der Waals surface area (Å²) in [5.41, 5.74) is 0. The minimum Gasteiger partial charge on any atom is -0.756 e. The molecule has 0 fully saturated rings. The zero-order valence-electron chi connectivity index (χ0n) is 59.1. The third-order valence-electron chi connectivity index (χ3n) is 16.5. The van der Waals surface area contributed by atoms with Crippen molar-refractivity contribution in [3.8, 4) is 0 Å². The van der Waals surface area contributed by atoms with Crippen LogP contribution >= 0.6 is 7.82 Å². The first kappa shape index (κ1) is 85.9. The molecule has 89 heavy (non-hydrogen) atoms. The number of phosphoric ester groups is 1. The lowest BCUT2D eigenvalue weighted by atomic mass is 10.0. The summed E-state index contributed by atoms with van der Waals surface area (Å²) in [6, 6.07) is -0.898. The van der Waals surface area contributed by atoms with Gasteiger partial charge in [0.25, 0.3) is 7.82 Å². The highest BCUT2D eigenvalue weighted by Crippen LogP contribution is 2.38. The monoisotopic (exact) mass is 1260 g/mol. The van der Waals surface area contributed by atoms with Crippen LogP contribution in [0.3, 0.4) is 0 Å². The number of unbranched alkanes of at least 4 members (excludes halogenated alkanes) is 38. The van der Waals surface area contributed by atoms with Crippen LogP contribution in [0.25, 0.3) is 0 Å². The summed E-state index contributed by atoms with van der Waals surface area (Å²) >= 11 is 0. The van der Waals surface area contributed by atoms with E-state index in [1.807, 2.05) is 33.3 Å². The highest BCUT2D eigenvalue weighted by molar-refractivity contribution is 7.45. The topological polar surface area (TPSA) is 114 Å². The third-order valence-corrected chi connectivity index (χ3v) is 17.5. The summed E-state index contributed by atoms with van der Waals surface area (Å²) < 4.78 is 30.5. The van der Waals surface area contributed by atoms with E-state index >= 15 is 0 Å². The van der Waals surface area contributed by atoms with Crippen molar-refractivity contribution in [1.29, 1.82) is 0 Å². The van der Waals surface area contributed by atoms with Gasteiger partial charge in [-0.25, -0.2) is 0 Å². The normalized spacial score (nSPS) is 14.0. The number of carbonyl (C=O) groups excluding carboxylic acids is 2. The van der Waals surface area contributed by atoms with Crippen molar-refractivity contribution in [3.63, 3.8) is 0 Å². The van der Waals surface area contributed by atoms with Gasteiger partial charge in [0.2, 0.25) is 5.91 Å². The van der Waals surface area contributed by atoms with Crippen LogP contribution in [-0.2, 0) is 27.9 Å². The number of phosphoric acid groups is 1. The fourth-order valence-corrected chi connectivity index (χ4v) is 11.5. The van der Waals surface area contributed by atoms with Gasteiger partial charge in [0.05, 0.1) is 33.8 Å². The fraction of sp³-hybridized carbons (Fsp3) is 0.772. The van der Waals surface area contributed by atoms with E-state index in [0.29, 0.717) is 17.4 Å². The zero-order valence-corrected chi connectivity index (χ0v) is 60.0. The molecule has 9 nitrogen and oxygen atoms in total. The van der Waals surface area contributed by atoms with Crippen molar-refractivity contribution in [2.24, 2.45) is 0 Å². The Morgan fingerprint density at radius 2 is 0.719 bits per heavy atom. The van der Waals surface area contributed by atoms with E-state index in [2.05, 4.69) is 111 Å². The van der Waals surface area contributed by atoms with Crippen molar-refractivity contribution in [1.82, 2.24) is 5.32 Å². The van der Waals surface area contributed by atoms with E-state index in [0.717, 1.165) is 109 Å². The van der Waals surface area contributed by atoms with E-state index in [9.17, 15) is 19.0 Å². The number of quaternary nitrogens is 1. The minimum atomic E-state index is -4.71. The molecule has 0 aromatic heterocycles. The van der Waals surface area contributed by atoms with Gasteiger partial charge in [-0.05, 0) is 109 Å².